The third kappa shape index (κ3) is 4.41. The highest BCUT2D eigenvalue weighted by molar-refractivity contribution is 7.81. The number of hydrogen-bond acceptors (Lipinski definition) is 7. The monoisotopic (exact) mass is 467 g/mol. The van der Waals surface area contributed by atoms with Crippen molar-refractivity contribution in [3.05, 3.63) is 45.6 Å². The normalized spacial score (nSPS) is 21.7. The van der Waals surface area contributed by atoms with E-state index in [4.69, 9.17) is 21.1 Å². The maximum atomic E-state index is 12.4. The van der Waals surface area contributed by atoms with Crippen LogP contribution in [0.15, 0.2) is 36.4 Å². The second-order valence-electron chi connectivity index (χ2n) is 6.80. The Kier molecular flexibility index (Phi) is 5.92. The number of anilines is 2. The first kappa shape index (κ1) is 21.0. The predicted octanol–water partition coefficient (Wildman–Crippen LogP) is 2.78. The van der Waals surface area contributed by atoms with Gasteiger partial charge >= 0.3 is 6.09 Å². The lowest BCUT2D eigenvalue weighted by Crippen LogP contribution is -2.42. The van der Waals surface area contributed by atoms with Gasteiger partial charge in [0.25, 0.3) is 11.8 Å². The van der Waals surface area contributed by atoms with Gasteiger partial charge in [-0.3, -0.25) is 14.5 Å². The largest absolute Gasteiger partial charge is 0.428 e. The number of carbonyl (C=O) groups is 3. The summed E-state index contributed by atoms with van der Waals surface area (Å²) >= 11 is 11.5. The molecule has 0 bridgehead atoms. The fourth-order valence-electron chi connectivity index (χ4n) is 3.20. The summed E-state index contributed by atoms with van der Waals surface area (Å²) in [6, 6.07) is 10.3. The van der Waals surface area contributed by atoms with E-state index in [1.165, 1.54) is 4.90 Å². The van der Waals surface area contributed by atoms with E-state index in [1.54, 1.807) is 41.3 Å². The van der Waals surface area contributed by atoms with Crippen molar-refractivity contribution in [2.75, 3.05) is 42.6 Å². The average Bonchev–Trinajstić information content (AvgIpc) is 3.30. The second-order valence-corrected chi connectivity index (χ2v) is 9.33. The Hall–Kier alpha value is -2.27. The molecule has 2 aromatic rings. The number of thiophene rings is 1. The van der Waals surface area contributed by atoms with E-state index in [2.05, 4.69) is 17.9 Å². The lowest BCUT2D eigenvalue weighted by molar-refractivity contribution is -0.125. The summed E-state index contributed by atoms with van der Waals surface area (Å²) in [6.45, 7) is 1.21. The van der Waals surface area contributed by atoms with Crippen LogP contribution in [0.4, 0.5) is 16.2 Å². The number of nitrogens with one attached hydrogen (secondary N) is 1. The molecule has 0 aliphatic carbocycles. The van der Waals surface area contributed by atoms with Crippen LogP contribution < -0.4 is 15.1 Å². The third-order valence-corrected chi connectivity index (χ3v) is 6.30. The van der Waals surface area contributed by atoms with Crippen molar-refractivity contribution in [1.82, 2.24) is 5.32 Å². The molecule has 0 spiro atoms. The number of thiol groups is 1. The van der Waals surface area contributed by atoms with Crippen molar-refractivity contribution in [1.29, 1.82) is 0 Å². The molecule has 2 aliphatic rings. The van der Waals surface area contributed by atoms with Crippen LogP contribution in [0.1, 0.15) is 9.67 Å². The number of carbonyl (C=O) groups excluding carboxylic acids is 3. The zero-order valence-electron chi connectivity index (χ0n) is 15.7. The summed E-state index contributed by atoms with van der Waals surface area (Å²) in [5.41, 5.74) is 1.34. The SMILES string of the molecule is O=C(NC[C@@]1(S)CN(c2ccc(N3CCOCC3=O)cc2)C(=O)O1)c1ccc(Cl)s1. The van der Waals surface area contributed by atoms with Crippen LogP contribution in [-0.2, 0) is 14.3 Å². The fourth-order valence-corrected chi connectivity index (χ4v) is 4.45. The minimum absolute atomic E-state index is 0.0348. The number of amides is 3. The first-order chi connectivity index (χ1) is 14.3. The molecule has 3 amide bonds. The minimum Gasteiger partial charge on any atom is -0.428 e. The van der Waals surface area contributed by atoms with Gasteiger partial charge in [-0.05, 0) is 36.4 Å². The summed E-state index contributed by atoms with van der Waals surface area (Å²) in [6.07, 6.45) is -0.561. The maximum absolute atomic E-state index is 12.4. The summed E-state index contributed by atoms with van der Waals surface area (Å²) in [5.74, 6) is -0.416. The lowest BCUT2D eigenvalue weighted by Gasteiger charge is -2.27. The van der Waals surface area contributed by atoms with E-state index in [1.807, 2.05) is 0 Å². The smallest absolute Gasteiger partial charge is 0.415 e. The number of rotatable bonds is 5. The van der Waals surface area contributed by atoms with E-state index in [0.29, 0.717) is 28.1 Å². The van der Waals surface area contributed by atoms with Crippen LogP contribution in [0.2, 0.25) is 4.34 Å². The van der Waals surface area contributed by atoms with Gasteiger partial charge in [0.15, 0.2) is 4.93 Å². The molecule has 0 saturated carbocycles. The number of morpholine rings is 1. The van der Waals surface area contributed by atoms with Gasteiger partial charge in [0, 0.05) is 17.9 Å². The molecule has 158 valence electrons. The topological polar surface area (TPSA) is 88.2 Å². The molecule has 2 fully saturated rings. The molecule has 30 heavy (non-hydrogen) atoms. The minimum atomic E-state index is -1.17. The molecule has 0 unspecified atom stereocenters. The van der Waals surface area contributed by atoms with E-state index in [9.17, 15) is 14.4 Å². The zero-order valence-corrected chi connectivity index (χ0v) is 18.1. The van der Waals surface area contributed by atoms with Gasteiger partial charge in [-0.15, -0.1) is 24.0 Å². The summed E-state index contributed by atoms with van der Waals surface area (Å²) in [7, 11) is 0. The fraction of sp³-hybridized carbons (Fsp3) is 0.316. The Morgan fingerprint density at radius 2 is 1.87 bits per heavy atom. The van der Waals surface area contributed by atoms with Crippen molar-refractivity contribution >= 4 is 64.8 Å². The van der Waals surface area contributed by atoms with Crippen LogP contribution in [0.5, 0.6) is 0 Å². The van der Waals surface area contributed by atoms with Gasteiger partial charge in [-0.2, -0.15) is 0 Å². The van der Waals surface area contributed by atoms with E-state index >= 15 is 0 Å². The summed E-state index contributed by atoms with van der Waals surface area (Å²) in [5, 5.41) is 2.72. The van der Waals surface area contributed by atoms with E-state index in [0.717, 1.165) is 17.0 Å². The van der Waals surface area contributed by atoms with Crippen LogP contribution in [0.3, 0.4) is 0 Å². The van der Waals surface area contributed by atoms with Gasteiger partial charge in [0.2, 0.25) is 0 Å². The highest BCUT2D eigenvalue weighted by atomic mass is 35.5. The predicted molar refractivity (Wildman–Crippen MR) is 117 cm³/mol. The number of nitrogens with zero attached hydrogens (tertiary/aromatic N) is 2. The Morgan fingerprint density at radius 1 is 1.17 bits per heavy atom. The Bertz CT molecular complexity index is 983. The highest BCUT2D eigenvalue weighted by Gasteiger charge is 2.43. The van der Waals surface area contributed by atoms with Crippen molar-refractivity contribution < 1.29 is 23.9 Å². The summed E-state index contributed by atoms with van der Waals surface area (Å²) in [4.78, 5) is 38.9. The first-order valence-electron chi connectivity index (χ1n) is 9.09. The average molecular weight is 468 g/mol. The molecule has 1 atom stereocenters. The van der Waals surface area contributed by atoms with Crippen LogP contribution in [-0.4, -0.2) is 55.7 Å². The van der Waals surface area contributed by atoms with Gasteiger partial charge in [0.05, 0.1) is 28.9 Å². The molecule has 1 N–H and O–H groups in total. The quantitative estimate of drug-likeness (QED) is 0.660. The molecule has 0 radical (unpaired) electrons. The third-order valence-electron chi connectivity index (χ3n) is 4.68. The number of ether oxygens (including phenoxy) is 2. The van der Waals surface area contributed by atoms with Gasteiger partial charge in [0.1, 0.15) is 6.61 Å². The molecule has 2 aliphatic heterocycles. The Balaban J connectivity index is 1.40. The molecule has 8 nitrogen and oxygen atoms in total. The molecule has 4 rings (SSSR count). The molecular formula is C19H18ClN3O5S2. The lowest BCUT2D eigenvalue weighted by atomic mass is 10.2. The maximum Gasteiger partial charge on any atom is 0.415 e. The van der Waals surface area contributed by atoms with Gasteiger partial charge in [-0.1, -0.05) is 11.6 Å². The second kappa shape index (κ2) is 8.46. The van der Waals surface area contributed by atoms with E-state index < -0.39 is 11.0 Å². The van der Waals surface area contributed by atoms with Crippen molar-refractivity contribution in [2.24, 2.45) is 0 Å². The van der Waals surface area contributed by atoms with Crippen molar-refractivity contribution in [3.8, 4) is 0 Å². The van der Waals surface area contributed by atoms with Gasteiger partial charge in [-0.25, -0.2) is 4.79 Å². The number of hydrogen-bond donors (Lipinski definition) is 2. The molecule has 11 heteroatoms. The van der Waals surface area contributed by atoms with Crippen LogP contribution in [0.25, 0.3) is 0 Å². The van der Waals surface area contributed by atoms with E-state index in [-0.39, 0.29) is 31.5 Å². The van der Waals surface area contributed by atoms with Crippen LogP contribution >= 0.6 is 35.6 Å². The Morgan fingerprint density at radius 3 is 2.50 bits per heavy atom. The van der Waals surface area contributed by atoms with Crippen LogP contribution in [0, 0.1) is 0 Å². The Labute approximate surface area is 187 Å². The number of cyclic esters (lactones) is 1. The summed E-state index contributed by atoms with van der Waals surface area (Å²) < 4.78 is 11.1. The standard InChI is InChI=1S/C19H18ClN3O5S2/c20-15-6-5-14(30-15)17(25)21-10-19(29)11-23(18(26)28-19)13-3-1-12(2-4-13)22-7-8-27-9-16(22)24/h1-6,29H,7-11H2,(H,21,25)/t19-/m1/s1. The molecule has 1 aromatic carbocycles. The van der Waals surface area contributed by atoms with Crippen molar-refractivity contribution in [3.63, 3.8) is 0 Å². The molecule has 1 aromatic heterocycles. The molecular weight excluding hydrogens is 450 g/mol. The van der Waals surface area contributed by atoms with Gasteiger partial charge < -0.3 is 19.7 Å². The zero-order chi connectivity index (χ0) is 21.3. The van der Waals surface area contributed by atoms with Crippen molar-refractivity contribution in [2.45, 2.75) is 4.93 Å². The highest BCUT2D eigenvalue weighted by Crippen LogP contribution is 2.32. The first-order valence-corrected chi connectivity index (χ1v) is 10.7. The molecule has 3 heterocycles. The molecule has 2 saturated heterocycles. The number of benzene rings is 1. The number of halogens is 1.